The van der Waals surface area contributed by atoms with Crippen molar-refractivity contribution in [3.05, 3.63) is 59.9 Å². The summed E-state index contributed by atoms with van der Waals surface area (Å²) < 4.78 is 1.84. The molecule has 2 heterocycles. The normalized spacial score (nSPS) is 14.6. The second-order valence-electron chi connectivity index (χ2n) is 6.52. The van der Waals surface area contributed by atoms with Gasteiger partial charge in [0.25, 0.3) is 5.91 Å². The second-order valence-corrected chi connectivity index (χ2v) is 6.52. The van der Waals surface area contributed by atoms with Gasteiger partial charge < -0.3 is 14.4 Å². The van der Waals surface area contributed by atoms with Crippen molar-refractivity contribution in [2.45, 2.75) is 19.3 Å². The lowest BCUT2D eigenvalue weighted by atomic mass is 10.1. The molecule has 0 bridgehead atoms. The fraction of sp³-hybridized carbons (Fsp3) is 0.400. The lowest BCUT2D eigenvalue weighted by Crippen LogP contribution is -2.50. The third-order valence-electron chi connectivity index (χ3n) is 4.78. The van der Waals surface area contributed by atoms with E-state index in [-0.39, 0.29) is 11.8 Å². The fourth-order valence-corrected chi connectivity index (χ4v) is 3.25. The number of amides is 2. The van der Waals surface area contributed by atoms with E-state index in [4.69, 9.17) is 0 Å². The number of piperazine rings is 1. The molecular formula is C20H25N3O2. The Balaban J connectivity index is 1.43. The van der Waals surface area contributed by atoms with E-state index in [0.717, 1.165) is 12.8 Å². The summed E-state index contributed by atoms with van der Waals surface area (Å²) in [6.45, 7) is 2.46. The highest BCUT2D eigenvalue weighted by Gasteiger charge is 2.25. The SMILES string of the molecule is Cn1cccc1C(=O)N1CCN(C(=O)CCCc2ccccc2)CC1. The van der Waals surface area contributed by atoms with Crippen LogP contribution in [-0.4, -0.2) is 52.4 Å². The summed E-state index contributed by atoms with van der Waals surface area (Å²) in [6, 6.07) is 14.0. The van der Waals surface area contributed by atoms with E-state index in [2.05, 4.69) is 12.1 Å². The molecule has 0 saturated carbocycles. The number of aryl methyl sites for hydroxylation is 2. The molecular weight excluding hydrogens is 314 g/mol. The Morgan fingerprint density at radius 2 is 1.60 bits per heavy atom. The molecule has 0 unspecified atom stereocenters. The summed E-state index contributed by atoms with van der Waals surface area (Å²) >= 11 is 0. The molecule has 0 N–H and O–H groups in total. The second kappa shape index (κ2) is 8.01. The lowest BCUT2D eigenvalue weighted by molar-refractivity contribution is -0.132. The van der Waals surface area contributed by atoms with E-state index < -0.39 is 0 Å². The number of aromatic nitrogens is 1. The van der Waals surface area contributed by atoms with Gasteiger partial charge in [-0.15, -0.1) is 0 Å². The Labute approximate surface area is 148 Å². The predicted octanol–water partition coefficient (Wildman–Crippen LogP) is 2.33. The number of hydrogen-bond donors (Lipinski definition) is 0. The van der Waals surface area contributed by atoms with Crippen molar-refractivity contribution >= 4 is 11.8 Å². The molecule has 1 fully saturated rings. The number of rotatable bonds is 5. The maximum Gasteiger partial charge on any atom is 0.270 e. The van der Waals surface area contributed by atoms with Gasteiger partial charge in [-0.3, -0.25) is 9.59 Å². The summed E-state index contributed by atoms with van der Waals surface area (Å²) in [7, 11) is 1.87. The summed E-state index contributed by atoms with van der Waals surface area (Å²) in [6.07, 6.45) is 4.24. The molecule has 25 heavy (non-hydrogen) atoms. The summed E-state index contributed by atoms with van der Waals surface area (Å²) in [5.41, 5.74) is 1.97. The van der Waals surface area contributed by atoms with Crippen molar-refractivity contribution in [2.24, 2.45) is 7.05 Å². The van der Waals surface area contributed by atoms with E-state index in [1.807, 2.05) is 57.9 Å². The molecule has 1 aromatic heterocycles. The molecule has 132 valence electrons. The standard InChI is InChI=1S/C20H25N3O2/c1-21-12-6-10-18(21)20(25)23-15-13-22(14-16-23)19(24)11-5-9-17-7-3-2-4-8-17/h2-4,6-8,10,12H,5,9,11,13-16H2,1H3. The topological polar surface area (TPSA) is 45.6 Å². The van der Waals surface area contributed by atoms with Gasteiger partial charge in [0.2, 0.25) is 5.91 Å². The van der Waals surface area contributed by atoms with E-state index in [9.17, 15) is 9.59 Å². The summed E-state index contributed by atoms with van der Waals surface area (Å²) in [4.78, 5) is 28.6. The van der Waals surface area contributed by atoms with Gasteiger partial charge in [-0.25, -0.2) is 0 Å². The number of carbonyl (C=O) groups excluding carboxylic acids is 2. The van der Waals surface area contributed by atoms with Gasteiger partial charge in [-0.1, -0.05) is 30.3 Å². The molecule has 0 spiro atoms. The van der Waals surface area contributed by atoms with Crippen molar-refractivity contribution in [3.63, 3.8) is 0 Å². The van der Waals surface area contributed by atoms with Crippen LogP contribution < -0.4 is 0 Å². The van der Waals surface area contributed by atoms with Crippen LogP contribution in [0.15, 0.2) is 48.7 Å². The largest absolute Gasteiger partial charge is 0.347 e. The first-order valence-electron chi connectivity index (χ1n) is 8.87. The van der Waals surface area contributed by atoms with Crippen LogP contribution in [0, 0.1) is 0 Å². The van der Waals surface area contributed by atoms with Gasteiger partial charge in [0, 0.05) is 45.8 Å². The predicted molar refractivity (Wildman–Crippen MR) is 97.3 cm³/mol. The minimum atomic E-state index is 0.0451. The minimum Gasteiger partial charge on any atom is -0.347 e. The molecule has 1 aliphatic heterocycles. The van der Waals surface area contributed by atoms with Crippen LogP contribution in [0.3, 0.4) is 0 Å². The number of carbonyl (C=O) groups is 2. The molecule has 5 heteroatoms. The van der Waals surface area contributed by atoms with Crippen LogP contribution in [0.25, 0.3) is 0 Å². The molecule has 1 aromatic carbocycles. The zero-order valence-corrected chi connectivity index (χ0v) is 14.7. The number of hydrogen-bond acceptors (Lipinski definition) is 2. The molecule has 3 rings (SSSR count). The first-order chi connectivity index (χ1) is 12.1. The van der Waals surface area contributed by atoms with Crippen LogP contribution in [0.1, 0.15) is 28.9 Å². The summed E-state index contributed by atoms with van der Waals surface area (Å²) in [5.74, 6) is 0.241. The Morgan fingerprint density at radius 1 is 0.920 bits per heavy atom. The van der Waals surface area contributed by atoms with Gasteiger partial charge in [-0.2, -0.15) is 0 Å². The average molecular weight is 339 g/mol. The molecule has 0 atom stereocenters. The third kappa shape index (κ3) is 4.29. The number of nitrogens with zero attached hydrogens (tertiary/aromatic N) is 3. The Morgan fingerprint density at radius 3 is 2.24 bits per heavy atom. The van der Waals surface area contributed by atoms with Crippen LogP contribution >= 0.6 is 0 Å². The van der Waals surface area contributed by atoms with E-state index in [1.54, 1.807) is 0 Å². The smallest absolute Gasteiger partial charge is 0.270 e. The zero-order valence-electron chi connectivity index (χ0n) is 14.7. The van der Waals surface area contributed by atoms with Crippen LogP contribution in [0.4, 0.5) is 0 Å². The van der Waals surface area contributed by atoms with Gasteiger partial charge in [-0.05, 0) is 30.5 Å². The maximum atomic E-state index is 12.5. The molecule has 0 aliphatic carbocycles. The van der Waals surface area contributed by atoms with Crippen molar-refractivity contribution in [2.75, 3.05) is 26.2 Å². The van der Waals surface area contributed by atoms with Crippen LogP contribution in [0.5, 0.6) is 0 Å². The van der Waals surface area contributed by atoms with Gasteiger partial charge in [0.15, 0.2) is 0 Å². The highest BCUT2D eigenvalue weighted by Crippen LogP contribution is 2.11. The molecule has 1 aliphatic rings. The maximum absolute atomic E-state index is 12.5. The number of benzene rings is 1. The molecule has 2 aromatic rings. The van der Waals surface area contributed by atoms with Gasteiger partial charge in [0.1, 0.15) is 5.69 Å². The van der Waals surface area contributed by atoms with Gasteiger partial charge in [0.05, 0.1) is 0 Å². The first-order valence-corrected chi connectivity index (χ1v) is 8.87. The molecule has 2 amide bonds. The van der Waals surface area contributed by atoms with Crippen molar-refractivity contribution in [1.82, 2.24) is 14.4 Å². The lowest BCUT2D eigenvalue weighted by Gasteiger charge is -2.35. The van der Waals surface area contributed by atoms with Crippen LogP contribution in [-0.2, 0) is 18.3 Å². The monoisotopic (exact) mass is 339 g/mol. The molecule has 1 saturated heterocycles. The van der Waals surface area contributed by atoms with Gasteiger partial charge >= 0.3 is 0 Å². The van der Waals surface area contributed by atoms with Crippen LogP contribution in [0.2, 0.25) is 0 Å². The fourth-order valence-electron chi connectivity index (χ4n) is 3.25. The quantitative estimate of drug-likeness (QED) is 0.839. The van der Waals surface area contributed by atoms with Crippen molar-refractivity contribution < 1.29 is 9.59 Å². The van der Waals surface area contributed by atoms with E-state index in [1.165, 1.54) is 5.56 Å². The third-order valence-corrected chi connectivity index (χ3v) is 4.78. The minimum absolute atomic E-state index is 0.0451. The summed E-state index contributed by atoms with van der Waals surface area (Å²) in [5, 5.41) is 0. The highest BCUT2D eigenvalue weighted by atomic mass is 16.2. The van der Waals surface area contributed by atoms with E-state index >= 15 is 0 Å². The average Bonchev–Trinajstić information content (AvgIpc) is 3.08. The Bertz CT molecular complexity index is 716. The zero-order chi connectivity index (χ0) is 17.6. The molecule has 0 radical (unpaired) electrons. The first kappa shape index (κ1) is 17.3. The van der Waals surface area contributed by atoms with Crippen molar-refractivity contribution in [3.8, 4) is 0 Å². The van der Waals surface area contributed by atoms with Crippen molar-refractivity contribution in [1.29, 1.82) is 0 Å². The highest BCUT2D eigenvalue weighted by molar-refractivity contribution is 5.93. The Hall–Kier alpha value is -2.56. The molecule has 5 nitrogen and oxygen atoms in total. The Kier molecular flexibility index (Phi) is 5.53. The van der Waals surface area contributed by atoms with E-state index in [0.29, 0.717) is 38.3 Å².